The lowest BCUT2D eigenvalue weighted by Crippen LogP contribution is -2.43. The Morgan fingerprint density at radius 1 is 1.04 bits per heavy atom. The average molecular weight is 366 g/mol. The molecule has 0 saturated carbocycles. The van der Waals surface area contributed by atoms with Crippen LogP contribution in [0.4, 0.5) is 4.79 Å². The maximum atomic E-state index is 13.2. The largest absolute Gasteiger partial charge is 0.497 e. The molecular weight excluding hydrogens is 340 g/mol. The molecule has 0 aromatic heterocycles. The molecule has 1 fully saturated rings. The van der Waals surface area contributed by atoms with Gasteiger partial charge in [-0.25, -0.2) is 4.79 Å². The third-order valence-corrected chi connectivity index (χ3v) is 5.28. The first-order chi connectivity index (χ1) is 12.9. The van der Waals surface area contributed by atoms with E-state index in [0.717, 1.165) is 11.1 Å². The van der Waals surface area contributed by atoms with Crippen molar-refractivity contribution in [3.8, 4) is 5.75 Å². The number of nitrogens with one attached hydrogen (secondary N) is 1. The second kappa shape index (κ2) is 7.43. The molecule has 1 unspecified atom stereocenters. The second-order valence-corrected chi connectivity index (χ2v) is 7.21. The first-order valence-corrected chi connectivity index (χ1v) is 9.28. The Hall–Kier alpha value is -2.82. The van der Waals surface area contributed by atoms with E-state index in [0.29, 0.717) is 18.1 Å². The van der Waals surface area contributed by atoms with Crippen LogP contribution >= 0.6 is 0 Å². The number of nitrogens with zero attached hydrogens (tertiary/aromatic N) is 1. The molecule has 1 heterocycles. The maximum absolute atomic E-state index is 13.2. The van der Waals surface area contributed by atoms with Crippen molar-refractivity contribution in [3.63, 3.8) is 0 Å². The van der Waals surface area contributed by atoms with Gasteiger partial charge in [-0.15, -0.1) is 0 Å². The number of methoxy groups -OCH3 is 1. The van der Waals surface area contributed by atoms with Crippen LogP contribution in [0.1, 0.15) is 49.8 Å². The molecule has 3 amide bonds. The summed E-state index contributed by atoms with van der Waals surface area (Å²) in [5, 5.41) is 2.92. The number of rotatable bonds is 6. The van der Waals surface area contributed by atoms with E-state index < -0.39 is 5.54 Å². The Morgan fingerprint density at radius 3 is 2.19 bits per heavy atom. The van der Waals surface area contributed by atoms with Crippen molar-refractivity contribution in [2.75, 3.05) is 7.11 Å². The summed E-state index contributed by atoms with van der Waals surface area (Å²) in [6, 6.07) is 15.0. The molecule has 2 aromatic rings. The molecular formula is C22H26N2O3. The van der Waals surface area contributed by atoms with Gasteiger partial charge in [-0.2, -0.15) is 0 Å². The predicted molar refractivity (Wildman–Crippen MR) is 105 cm³/mol. The SMILES string of the molecule is CCC1(c2ccc(OC)cc2)NC(=O)N(Cc2ccc(C(C)C)cc2)C1=O. The van der Waals surface area contributed by atoms with Gasteiger partial charge in [-0.05, 0) is 41.2 Å². The summed E-state index contributed by atoms with van der Waals surface area (Å²) >= 11 is 0. The van der Waals surface area contributed by atoms with Crippen LogP contribution in [0.3, 0.4) is 0 Å². The molecule has 2 aromatic carbocycles. The lowest BCUT2D eigenvalue weighted by molar-refractivity contribution is -0.132. The number of hydrogen-bond acceptors (Lipinski definition) is 3. The molecule has 142 valence electrons. The number of ether oxygens (including phenoxy) is 1. The molecule has 0 aliphatic carbocycles. The fourth-order valence-electron chi connectivity index (χ4n) is 3.48. The molecule has 0 radical (unpaired) electrons. The summed E-state index contributed by atoms with van der Waals surface area (Å²) in [6.45, 7) is 6.44. The minimum absolute atomic E-state index is 0.215. The number of carbonyl (C=O) groups excluding carboxylic acids is 2. The van der Waals surface area contributed by atoms with Crippen LogP contribution in [-0.4, -0.2) is 23.9 Å². The van der Waals surface area contributed by atoms with Crippen LogP contribution in [0.5, 0.6) is 5.75 Å². The van der Waals surface area contributed by atoms with Crippen LogP contribution < -0.4 is 10.1 Å². The number of benzene rings is 2. The van der Waals surface area contributed by atoms with Gasteiger partial charge < -0.3 is 10.1 Å². The fourth-order valence-corrected chi connectivity index (χ4v) is 3.48. The zero-order chi connectivity index (χ0) is 19.6. The van der Waals surface area contributed by atoms with E-state index >= 15 is 0 Å². The summed E-state index contributed by atoms with van der Waals surface area (Å²) in [6.07, 6.45) is 0.479. The van der Waals surface area contributed by atoms with E-state index in [4.69, 9.17) is 4.74 Å². The van der Waals surface area contributed by atoms with Gasteiger partial charge in [-0.3, -0.25) is 9.69 Å². The Kier molecular flexibility index (Phi) is 5.22. The highest BCUT2D eigenvalue weighted by Gasteiger charge is 2.51. The van der Waals surface area contributed by atoms with Crippen molar-refractivity contribution >= 4 is 11.9 Å². The Bertz CT molecular complexity index is 828. The highest BCUT2D eigenvalue weighted by Crippen LogP contribution is 2.34. The molecule has 5 nitrogen and oxygen atoms in total. The first kappa shape index (κ1) is 19.0. The van der Waals surface area contributed by atoms with Crippen LogP contribution in [0.25, 0.3) is 0 Å². The summed E-state index contributed by atoms with van der Waals surface area (Å²) in [5.41, 5.74) is 1.91. The van der Waals surface area contributed by atoms with Crippen molar-refractivity contribution in [1.29, 1.82) is 0 Å². The van der Waals surface area contributed by atoms with E-state index in [9.17, 15) is 9.59 Å². The van der Waals surface area contributed by atoms with Crippen molar-refractivity contribution < 1.29 is 14.3 Å². The zero-order valence-electron chi connectivity index (χ0n) is 16.3. The topological polar surface area (TPSA) is 58.6 Å². The molecule has 5 heteroatoms. The quantitative estimate of drug-likeness (QED) is 0.781. The van der Waals surface area contributed by atoms with Crippen LogP contribution in [0.2, 0.25) is 0 Å². The summed E-state index contributed by atoms with van der Waals surface area (Å²) in [5.74, 6) is 0.940. The van der Waals surface area contributed by atoms with Gasteiger partial charge in [0, 0.05) is 0 Å². The number of amides is 3. The first-order valence-electron chi connectivity index (χ1n) is 9.28. The van der Waals surface area contributed by atoms with E-state index in [1.54, 1.807) is 19.2 Å². The standard InChI is InChI=1S/C22H26N2O3/c1-5-22(18-10-12-19(27-4)13-11-18)20(25)24(21(26)23-22)14-16-6-8-17(9-7-16)15(2)3/h6-13,15H,5,14H2,1-4H3,(H,23,26). The number of carbonyl (C=O) groups is 2. The van der Waals surface area contributed by atoms with Crippen LogP contribution in [0.15, 0.2) is 48.5 Å². The molecule has 1 aliphatic rings. The number of imide groups is 1. The van der Waals surface area contributed by atoms with E-state index in [-0.39, 0.29) is 18.5 Å². The highest BCUT2D eigenvalue weighted by atomic mass is 16.5. The van der Waals surface area contributed by atoms with Gasteiger partial charge in [0.1, 0.15) is 11.3 Å². The molecule has 1 atom stereocenters. The number of hydrogen-bond donors (Lipinski definition) is 1. The molecule has 1 saturated heterocycles. The van der Waals surface area contributed by atoms with Gasteiger partial charge >= 0.3 is 6.03 Å². The van der Waals surface area contributed by atoms with Crippen molar-refractivity contribution in [1.82, 2.24) is 10.2 Å². The van der Waals surface area contributed by atoms with Crippen molar-refractivity contribution in [2.24, 2.45) is 0 Å². The minimum Gasteiger partial charge on any atom is -0.497 e. The number of urea groups is 1. The third-order valence-electron chi connectivity index (χ3n) is 5.28. The zero-order valence-corrected chi connectivity index (χ0v) is 16.3. The van der Waals surface area contributed by atoms with Gasteiger partial charge in [0.15, 0.2) is 0 Å². The average Bonchev–Trinajstić information content (AvgIpc) is 2.93. The van der Waals surface area contributed by atoms with Gasteiger partial charge in [0.25, 0.3) is 5.91 Å². The Balaban J connectivity index is 1.86. The lowest BCUT2D eigenvalue weighted by Gasteiger charge is -2.26. The summed E-state index contributed by atoms with van der Waals surface area (Å²) < 4.78 is 5.19. The van der Waals surface area contributed by atoms with Crippen molar-refractivity contribution in [3.05, 3.63) is 65.2 Å². The Morgan fingerprint density at radius 2 is 1.67 bits per heavy atom. The fraction of sp³-hybridized carbons (Fsp3) is 0.364. The third kappa shape index (κ3) is 3.42. The summed E-state index contributed by atoms with van der Waals surface area (Å²) in [4.78, 5) is 27.1. The van der Waals surface area contributed by atoms with Crippen LogP contribution in [-0.2, 0) is 16.9 Å². The van der Waals surface area contributed by atoms with Crippen LogP contribution in [0, 0.1) is 0 Å². The Labute approximate surface area is 160 Å². The predicted octanol–water partition coefficient (Wildman–Crippen LogP) is 4.18. The molecule has 0 bridgehead atoms. The smallest absolute Gasteiger partial charge is 0.325 e. The van der Waals surface area contributed by atoms with Gasteiger partial charge in [0.2, 0.25) is 0 Å². The minimum atomic E-state index is -1.03. The van der Waals surface area contributed by atoms with E-state index in [2.05, 4.69) is 31.3 Å². The molecule has 0 spiro atoms. The monoisotopic (exact) mass is 366 g/mol. The lowest BCUT2D eigenvalue weighted by atomic mass is 9.87. The van der Waals surface area contributed by atoms with E-state index in [1.165, 1.54) is 10.5 Å². The van der Waals surface area contributed by atoms with E-state index in [1.807, 2.05) is 31.2 Å². The molecule has 1 N–H and O–H groups in total. The molecule has 27 heavy (non-hydrogen) atoms. The van der Waals surface area contributed by atoms with Gasteiger partial charge in [-0.1, -0.05) is 57.2 Å². The highest BCUT2D eigenvalue weighted by molar-refractivity contribution is 6.07. The second-order valence-electron chi connectivity index (χ2n) is 7.21. The summed E-state index contributed by atoms with van der Waals surface area (Å²) in [7, 11) is 1.60. The van der Waals surface area contributed by atoms with Crippen molar-refractivity contribution in [2.45, 2.75) is 45.2 Å². The molecule has 1 aliphatic heterocycles. The van der Waals surface area contributed by atoms with Gasteiger partial charge in [0.05, 0.1) is 13.7 Å². The normalized spacial score (nSPS) is 19.5. The molecule has 3 rings (SSSR count). The maximum Gasteiger partial charge on any atom is 0.325 e.